The molecule has 2 rings (SSSR count). The predicted molar refractivity (Wildman–Crippen MR) is 61.8 cm³/mol. The van der Waals surface area contributed by atoms with E-state index < -0.39 is 25.0 Å². The third kappa shape index (κ3) is 3.02. The smallest absolute Gasteiger partial charge is 0.265 e. The number of nitrogens with zero attached hydrogens (tertiary/aromatic N) is 2. The highest BCUT2D eigenvalue weighted by molar-refractivity contribution is 7.15. The second-order valence-electron chi connectivity index (χ2n) is 3.71. The van der Waals surface area contributed by atoms with E-state index in [1.165, 1.54) is 11.3 Å². The summed E-state index contributed by atoms with van der Waals surface area (Å²) in [5.74, 6) is -0.444. The van der Waals surface area contributed by atoms with Crippen LogP contribution in [0.3, 0.4) is 0 Å². The Morgan fingerprint density at radius 2 is 2.39 bits per heavy atom. The fraction of sp³-hybridized carbons (Fsp3) is 0.400. The molecule has 0 fully saturated rings. The van der Waals surface area contributed by atoms with Crippen LogP contribution in [0.5, 0.6) is 0 Å². The van der Waals surface area contributed by atoms with Crippen LogP contribution in [0.4, 0.5) is 8.78 Å². The Labute approximate surface area is 105 Å². The number of aliphatic hydroxyl groups is 1. The summed E-state index contributed by atoms with van der Waals surface area (Å²) in [5, 5.41) is 12.9. The Morgan fingerprint density at radius 1 is 1.61 bits per heavy atom. The van der Waals surface area contributed by atoms with Gasteiger partial charge in [0.25, 0.3) is 6.43 Å². The number of alkyl halides is 2. The second-order valence-corrected chi connectivity index (χ2v) is 4.58. The summed E-state index contributed by atoms with van der Waals surface area (Å²) in [6.45, 7) is -0.460. The number of halogens is 2. The van der Waals surface area contributed by atoms with E-state index in [4.69, 9.17) is 5.11 Å². The number of carbonyl (C=O) groups is 1. The largest absolute Gasteiger partial charge is 0.385 e. The molecule has 2 aromatic heterocycles. The van der Waals surface area contributed by atoms with Crippen LogP contribution in [0.25, 0.3) is 4.96 Å². The molecule has 1 atom stereocenters. The van der Waals surface area contributed by atoms with E-state index in [0.717, 1.165) is 4.96 Å². The van der Waals surface area contributed by atoms with Crippen LogP contribution in [0.15, 0.2) is 17.8 Å². The average Bonchev–Trinajstić information content (AvgIpc) is 2.85. The van der Waals surface area contributed by atoms with Crippen molar-refractivity contribution in [1.29, 1.82) is 0 Å². The van der Waals surface area contributed by atoms with Gasteiger partial charge in [-0.05, 0) is 0 Å². The van der Waals surface area contributed by atoms with Gasteiger partial charge in [-0.1, -0.05) is 0 Å². The van der Waals surface area contributed by atoms with Crippen molar-refractivity contribution >= 4 is 22.2 Å². The summed E-state index contributed by atoms with van der Waals surface area (Å²) >= 11 is 1.44. The van der Waals surface area contributed by atoms with Crippen LogP contribution < -0.4 is 5.32 Å². The molecule has 5 nitrogen and oxygen atoms in total. The van der Waals surface area contributed by atoms with Gasteiger partial charge in [0.15, 0.2) is 4.96 Å². The lowest BCUT2D eigenvalue weighted by Crippen LogP contribution is -2.36. The van der Waals surface area contributed by atoms with Gasteiger partial charge < -0.3 is 10.4 Å². The Balaban J connectivity index is 1.86. The van der Waals surface area contributed by atoms with E-state index in [9.17, 15) is 13.6 Å². The van der Waals surface area contributed by atoms with Crippen LogP contribution in [0.2, 0.25) is 0 Å². The Bertz CT molecular complexity index is 511. The van der Waals surface area contributed by atoms with Gasteiger partial charge in [0.05, 0.1) is 12.1 Å². The zero-order valence-corrected chi connectivity index (χ0v) is 10.0. The van der Waals surface area contributed by atoms with E-state index in [0.29, 0.717) is 5.69 Å². The van der Waals surface area contributed by atoms with Crippen LogP contribution in [0.1, 0.15) is 5.69 Å². The topological polar surface area (TPSA) is 66.6 Å². The number of aromatic nitrogens is 2. The second kappa shape index (κ2) is 5.40. The molecule has 98 valence electrons. The number of fused-ring (bicyclic) bond motifs is 1. The maximum absolute atomic E-state index is 12.0. The Hall–Kier alpha value is -1.54. The van der Waals surface area contributed by atoms with Crippen molar-refractivity contribution in [1.82, 2.24) is 14.7 Å². The lowest BCUT2D eigenvalue weighted by Gasteiger charge is -2.09. The lowest BCUT2D eigenvalue weighted by atomic mass is 10.3. The molecule has 2 heterocycles. The van der Waals surface area contributed by atoms with Crippen molar-refractivity contribution in [2.45, 2.75) is 19.0 Å². The number of hydrogen-bond acceptors (Lipinski definition) is 4. The minimum Gasteiger partial charge on any atom is -0.385 e. The molecule has 0 radical (unpaired) electrons. The first-order chi connectivity index (χ1) is 8.56. The number of rotatable bonds is 5. The lowest BCUT2D eigenvalue weighted by molar-refractivity contribution is -0.121. The molecule has 0 bridgehead atoms. The molecule has 0 aliphatic carbocycles. The number of nitrogens with one attached hydrogen (secondary N) is 1. The summed E-state index contributed by atoms with van der Waals surface area (Å²) in [5.41, 5.74) is 0.561. The maximum Gasteiger partial charge on any atom is 0.265 e. The molecule has 0 aliphatic heterocycles. The van der Waals surface area contributed by atoms with Gasteiger partial charge in [0, 0.05) is 24.3 Å². The normalized spacial score (nSPS) is 13.1. The Morgan fingerprint density at radius 3 is 3.06 bits per heavy atom. The average molecular weight is 275 g/mol. The number of aliphatic hydroxyl groups excluding tert-OH is 1. The maximum atomic E-state index is 12.0. The molecule has 2 aromatic rings. The third-order valence-electron chi connectivity index (χ3n) is 2.28. The molecule has 0 aromatic carbocycles. The highest BCUT2D eigenvalue weighted by atomic mass is 32.1. The van der Waals surface area contributed by atoms with Gasteiger partial charge in [0.2, 0.25) is 5.91 Å². The molecule has 0 spiro atoms. The quantitative estimate of drug-likeness (QED) is 0.843. The zero-order chi connectivity index (χ0) is 13.1. The van der Waals surface area contributed by atoms with Crippen LogP contribution in [-0.2, 0) is 11.2 Å². The Kier molecular flexibility index (Phi) is 3.87. The number of carbonyl (C=O) groups excluding carboxylic acids is 1. The van der Waals surface area contributed by atoms with E-state index in [2.05, 4.69) is 10.3 Å². The molecule has 2 N–H and O–H groups in total. The first kappa shape index (κ1) is 12.9. The minimum atomic E-state index is -2.86. The molecule has 8 heteroatoms. The standard InChI is InChI=1S/C10H11F2N3O2S/c11-9(12)7(16)4-13-8(17)3-6-5-15-1-2-18-10(15)14-6/h1-2,5,7,9,16H,3-4H2,(H,13,17). The van der Waals surface area contributed by atoms with Gasteiger partial charge >= 0.3 is 0 Å². The molecular weight excluding hydrogens is 264 g/mol. The highest BCUT2D eigenvalue weighted by Crippen LogP contribution is 2.11. The molecule has 0 saturated carbocycles. The molecule has 1 unspecified atom stereocenters. The zero-order valence-electron chi connectivity index (χ0n) is 9.22. The third-order valence-corrected chi connectivity index (χ3v) is 3.05. The fourth-order valence-corrected chi connectivity index (χ4v) is 2.11. The summed E-state index contributed by atoms with van der Waals surface area (Å²) in [6.07, 6.45) is -1.17. The van der Waals surface area contributed by atoms with Gasteiger partial charge in [-0.25, -0.2) is 13.8 Å². The molecule has 18 heavy (non-hydrogen) atoms. The van der Waals surface area contributed by atoms with Crippen molar-refractivity contribution in [3.8, 4) is 0 Å². The van der Waals surface area contributed by atoms with Crippen molar-refractivity contribution in [2.24, 2.45) is 0 Å². The van der Waals surface area contributed by atoms with Crippen molar-refractivity contribution in [3.63, 3.8) is 0 Å². The van der Waals surface area contributed by atoms with Crippen molar-refractivity contribution in [2.75, 3.05) is 6.54 Å². The van der Waals surface area contributed by atoms with Crippen molar-refractivity contribution in [3.05, 3.63) is 23.5 Å². The summed E-state index contributed by atoms with van der Waals surface area (Å²) < 4.78 is 25.8. The number of hydrogen-bond donors (Lipinski definition) is 2. The monoisotopic (exact) mass is 275 g/mol. The first-order valence-corrected chi connectivity index (χ1v) is 6.08. The van der Waals surface area contributed by atoms with Gasteiger partial charge in [-0.2, -0.15) is 0 Å². The van der Waals surface area contributed by atoms with E-state index in [1.807, 2.05) is 11.6 Å². The first-order valence-electron chi connectivity index (χ1n) is 5.20. The van der Waals surface area contributed by atoms with Crippen LogP contribution >= 0.6 is 11.3 Å². The summed E-state index contributed by atoms with van der Waals surface area (Å²) in [6, 6.07) is 0. The molecule has 0 saturated heterocycles. The number of amides is 1. The van der Waals surface area contributed by atoms with Crippen LogP contribution in [0, 0.1) is 0 Å². The van der Waals surface area contributed by atoms with Crippen molar-refractivity contribution < 1.29 is 18.7 Å². The number of imidazole rings is 1. The molecule has 0 aliphatic rings. The van der Waals surface area contributed by atoms with Gasteiger partial charge in [0.1, 0.15) is 6.10 Å². The van der Waals surface area contributed by atoms with Gasteiger partial charge in [-0.3, -0.25) is 9.20 Å². The molecular formula is C10H11F2N3O2S. The number of thiazole rings is 1. The van der Waals surface area contributed by atoms with Gasteiger partial charge in [-0.15, -0.1) is 11.3 Å². The van der Waals surface area contributed by atoms with E-state index >= 15 is 0 Å². The summed E-state index contributed by atoms with van der Waals surface area (Å²) in [4.78, 5) is 16.4. The predicted octanol–water partition coefficient (Wildman–Crippen LogP) is 0.681. The fourth-order valence-electron chi connectivity index (χ4n) is 1.40. The van der Waals surface area contributed by atoms with E-state index in [1.54, 1.807) is 10.6 Å². The minimum absolute atomic E-state index is 0.00432. The highest BCUT2D eigenvalue weighted by Gasteiger charge is 2.17. The summed E-state index contributed by atoms with van der Waals surface area (Å²) in [7, 11) is 0. The SMILES string of the molecule is O=C(Cc1cn2ccsc2n1)NCC(O)C(F)F. The van der Waals surface area contributed by atoms with Crippen LogP contribution in [-0.4, -0.2) is 39.5 Å². The molecule has 1 amide bonds. The van der Waals surface area contributed by atoms with E-state index in [-0.39, 0.29) is 6.42 Å².